The number of carboxylic acid groups (broad SMARTS) is 1. The molecule has 0 bridgehead atoms. The van der Waals surface area contributed by atoms with Crippen molar-refractivity contribution in [1.82, 2.24) is 63.4 Å². The van der Waals surface area contributed by atoms with Crippen LogP contribution in [-0.4, -0.2) is 232 Å². The van der Waals surface area contributed by atoms with E-state index < -0.39 is 223 Å². The maximum Gasteiger partial charge on any atom is 0.408 e. The van der Waals surface area contributed by atoms with Crippen molar-refractivity contribution in [2.24, 2.45) is 28.7 Å². The van der Waals surface area contributed by atoms with E-state index in [0.717, 1.165) is 28.4 Å². The number of carbonyl (C=O) groups is 16. The average molecular weight is 1440 g/mol. The molecule has 23 N–H and O–H groups in total. The third-order valence-corrected chi connectivity index (χ3v) is 17.8. The van der Waals surface area contributed by atoms with Gasteiger partial charge in [0, 0.05) is 48.3 Å². The van der Waals surface area contributed by atoms with Gasteiger partial charge in [-0.05, 0) is 95.5 Å². The molecule has 4 rings (SSSR count). The summed E-state index contributed by atoms with van der Waals surface area (Å²) < 4.78 is 5.36. The molecule has 10 atom stereocenters. The van der Waals surface area contributed by atoms with Crippen molar-refractivity contribution in [3.8, 4) is 5.75 Å². The van der Waals surface area contributed by atoms with Crippen LogP contribution in [0.25, 0.3) is 0 Å². The van der Waals surface area contributed by atoms with E-state index in [1.165, 1.54) is 45.0 Å². The fraction of sp³-hybridized carbons (Fsp3) is 0.548. The van der Waals surface area contributed by atoms with Crippen LogP contribution in [0.1, 0.15) is 89.7 Å². The molecule has 0 radical (unpaired) electrons. The summed E-state index contributed by atoms with van der Waals surface area (Å²) in [6.07, 6.45) is -3.44. The molecule has 2 aromatic carbocycles. The molecule has 2 heterocycles. The molecule has 550 valence electrons. The van der Waals surface area contributed by atoms with Gasteiger partial charge in [0.1, 0.15) is 65.7 Å². The Bertz CT molecular complexity index is 3240. The lowest BCUT2D eigenvalue weighted by Gasteiger charge is -2.31. The van der Waals surface area contributed by atoms with Crippen LogP contribution in [0.3, 0.4) is 0 Å². The Morgan fingerprint density at radius 1 is 0.650 bits per heavy atom. The van der Waals surface area contributed by atoms with Crippen molar-refractivity contribution in [1.29, 1.82) is 0 Å². The zero-order chi connectivity index (χ0) is 74.2. The number of aliphatic carboxylic acids is 1. The van der Waals surface area contributed by atoms with Gasteiger partial charge in [-0.25, -0.2) is 9.59 Å². The highest BCUT2D eigenvalue weighted by atomic mass is 32.2. The summed E-state index contributed by atoms with van der Waals surface area (Å²) in [5.74, 6) is -16.9. The third-order valence-electron chi connectivity index (χ3n) is 15.0. The first-order chi connectivity index (χ1) is 47.2. The second-order valence-electron chi connectivity index (χ2n) is 24.4. The zero-order valence-electron chi connectivity index (χ0n) is 55.6. The normalized spacial score (nSPS) is 21.1. The Labute approximate surface area is 584 Å². The van der Waals surface area contributed by atoms with Gasteiger partial charge in [0.15, 0.2) is 0 Å². The molecule has 100 heavy (non-hydrogen) atoms. The molecule has 0 aliphatic carbocycles. The predicted molar refractivity (Wildman–Crippen MR) is 362 cm³/mol. The summed E-state index contributed by atoms with van der Waals surface area (Å²) in [4.78, 5) is 220. The number of phenols is 1. The number of hydrogen-bond acceptors (Lipinski definition) is 22. The number of ether oxygens (including phenoxy) is 1. The number of rotatable bonds is 29. The van der Waals surface area contributed by atoms with E-state index in [9.17, 15) is 77.3 Å². The lowest BCUT2D eigenvalue weighted by atomic mass is 10.0. The summed E-state index contributed by atoms with van der Waals surface area (Å²) in [7, 11) is 0. The Morgan fingerprint density at radius 2 is 1.24 bits per heavy atom. The molecule has 1 unspecified atom stereocenters. The zero-order valence-corrected chi connectivity index (χ0v) is 57.2. The number of nitrogens with two attached hydrogens (primary N) is 5. The van der Waals surface area contributed by atoms with Crippen LogP contribution in [0.4, 0.5) is 4.79 Å². The second-order valence-corrected chi connectivity index (χ2v) is 26.8. The number of phenolic OH excluding ortho intramolecular Hbond substituents is 1. The first-order valence-electron chi connectivity index (χ1n) is 32.0. The molecule has 0 spiro atoms. The van der Waals surface area contributed by atoms with E-state index in [2.05, 4.69) is 58.5 Å². The van der Waals surface area contributed by atoms with Crippen molar-refractivity contribution < 1.29 is 91.7 Å². The highest BCUT2D eigenvalue weighted by Crippen LogP contribution is 2.26. The largest absolute Gasteiger partial charge is 0.508 e. The number of hydrogen-bond donors (Lipinski definition) is 18. The number of aromatic hydroxyl groups is 1. The number of nitrogens with zero attached hydrogens (tertiary/aromatic N) is 1. The lowest BCUT2D eigenvalue weighted by Crippen LogP contribution is -2.61. The van der Waals surface area contributed by atoms with Crippen LogP contribution >= 0.6 is 23.5 Å². The van der Waals surface area contributed by atoms with Gasteiger partial charge in [-0.1, -0.05) is 42.5 Å². The number of unbranched alkanes of at least 4 members (excludes halogenated alkanes) is 1. The number of nitrogens with one attached hydrogen (secondary N) is 11. The molecule has 0 aromatic heterocycles. The van der Waals surface area contributed by atoms with Gasteiger partial charge in [-0.3, -0.25) is 67.1 Å². The number of amides is 15. The monoisotopic (exact) mass is 1440 g/mol. The molecule has 38 heteroatoms. The van der Waals surface area contributed by atoms with E-state index in [1.807, 2.05) is 0 Å². The second kappa shape index (κ2) is 41.6. The smallest absolute Gasteiger partial charge is 0.408 e. The Kier molecular flexibility index (Phi) is 34.3. The molecule has 2 aliphatic rings. The van der Waals surface area contributed by atoms with E-state index in [-0.39, 0.29) is 56.7 Å². The molecule has 0 saturated carbocycles. The molecular formula is C62H91N17O19S2. The van der Waals surface area contributed by atoms with Crippen LogP contribution in [0.5, 0.6) is 5.75 Å². The fourth-order valence-electron chi connectivity index (χ4n) is 10.1. The van der Waals surface area contributed by atoms with Crippen LogP contribution in [0.2, 0.25) is 0 Å². The predicted octanol–water partition coefficient (Wildman–Crippen LogP) is -6.16. The summed E-state index contributed by atoms with van der Waals surface area (Å²) in [6, 6.07) is -1.48. The van der Waals surface area contributed by atoms with E-state index in [0.29, 0.717) is 24.0 Å². The topological polar surface area (TPSA) is 588 Å². The van der Waals surface area contributed by atoms with Gasteiger partial charge in [0.2, 0.25) is 82.7 Å². The molecule has 2 aromatic rings. The maximum atomic E-state index is 15.2. The molecule has 2 saturated heterocycles. The van der Waals surface area contributed by atoms with Gasteiger partial charge in [0.05, 0.1) is 32.6 Å². The number of benzene rings is 2. The lowest BCUT2D eigenvalue weighted by molar-refractivity contribution is -0.142. The minimum Gasteiger partial charge on any atom is -0.508 e. The molecular weight excluding hydrogens is 1350 g/mol. The Hall–Kier alpha value is -9.82. The summed E-state index contributed by atoms with van der Waals surface area (Å²) >= 11 is 1.70. The van der Waals surface area contributed by atoms with E-state index >= 15 is 9.59 Å². The Balaban J connectivity index is 1.97. The molecule has 2 fully saturated rings. The summed E-state index contributed by atoms with van der Waals surface area (Å²) in [6.45, 7) is 2.20. The first-order valence-corrected chi connectivity index (χ1v) is 34.2. The number of primary amides is 3. The van der Waals surface area contributed by atoms with Crippen LogP contribution in [0, 0.1) is 0 Å². The summed E-state index contributed by atoms with van der Waals surface area (Å²) in [5.41, 5.74) is 27.1. The van der Waals surface area contributed by atoms with Gasteiger partial charge in [-0.15, -0.1) is 0 Å². The average Bonchev–Trinajstić information content (AvgIpc) is 1.60. The van der Waals surface area contributed by atoms with Crippen molar-refractivity contribution in [2.75, 3.05) is 56.5 Å². The van der Waals surface area contributed by atoms with Gasteiger partial charge < -0.3 is 107 Å². The molecule has 2 aliphatic heterocycles. The highest BCUT2D eigenvalue weighted by molar-refractivity contribution is 8.03. The van der Waals surface area contributed by atoms with Crippen molar-refractivity contribution in [2.45, 2.75) is 157 Å². The third kappa shape index (κ3) is 30.1. The number of alkyl carbamates (subject to hydrolysis) is 1. The van der Waals surface area contributed by atoms with E-state index in [1.54, 1.807) is 30.3 Å². The van der Waals surface area contributed by atoms with Gasteiger partial charge in [0.25, 0.3) is 0 Å². The Morgan fingerprint density at radius 3 is 1.84 bits per heavy atom. The molecule has 15 amide bonds. The number of carboxylic acids is 1. The maximum absolute atomic E-state index is 15.2. The van der Waals surface area contributed by atoms with Crippen molar-refractivity contribution >= 4 is 118 Å². The van der Waals surface area contributed by atoms with Crippen LogP contribution in [-0.2, 0) is 89.5 Å². The number of likely N-dealkylation sites (tertiary alicyclic amines) is 1. The summed E-state index contributed by atoms with van der Waals surface area (Å²) in [5, 5.41) is 46.7. The SMILES string of the molecule is CC(C)(C)OC(=O)N[C@@H](CC1CSC[C@@H](C(=O)N2CCC[C@H]2C(=O)N[C@@H](CCCCN)C(=O)NCC(N)=O)NC(=O)[C@H](CC(N)=O)NC(=O)[C@H](CCC(N)=O)NC(=O)[C@H](Cc2ccccc2)NC(=O)[C@H](Cc2ccc(O)cc2)NC(=O)[C@@H](NC(=O)CNC(=O)CNC(=O)CN)CS1)C(=O)O. The number of carbonyl (C=O) groups excluding carboxylic acids is 15. The quantitative estimate of drug-likeness (QED) is 0.0337. The van der Waals surface area contributed by atoms with Gasteiger partial charge in [-0.2, -0.15) is 23.5 Å². The standard InChI is InChI=1S/C62H91N17O19S2/c1-62(2,3)98-61(97)78-42(60(95)96)24-36-30-99-31-44(59(94)79-21-9-13-45(79)58(93)73-37(12-7-8-20-63)52(87)70-27-48(67)83)77-56(91)41(25-47(66)82)76-53(88)38(18-19-46(65)81)72-54(89)39(22-33-10-5-4-6-11-33)74-55(90)40(23-34-14-16-35(80)17-15-34)75-57(92)43(32-100-36)71-51(86)29-69-50(85)28-68-49(84)26-64/h4-6,10-11,14-17,36-45,80H,7-9,12-13,18-32,63-64H2,1-3H3,(H2,65,81)(H2,66,82)(H2,67,83)(H,68,84)(H,69,85)(H,70,87)(H,71,86)(H,72,89)(H,73,93)(H,74,90)(H,75,92)(H,76,88)(H,77,91)(H,78,97)(H,95,96)/t36?,37-,38-,39-,40-,41-,42-,43-,44-,45-/m0/s1. The van der Waals surface area contributed by atoms with Gasteiger partial charge >= 0.3 is 12.1 Å². The van der Waals surface area contributed by atoms with E-state index in [4.69, 9.17) is 33.4 Å². The minimum atomic E-state index is -1.97. The number of thioether (sulfide) groups is 2. The van der Waals surface area contributed by atoms with Crippen LogP contribution < -0.4 is 87.2 Å². The van der Waals surface area contributed by atoms with Crippen molar-refractivity contribution in [3.63, 3.8) is 0 Å². The first kappa shape index (κ1) is 82.6. The minimum absolute atomic E-state index is 0.0145. The fourth-order valence-corrected chi connectivity index (χ4v) is 12.8. The van der Waals surface area contributed by atoms with Crippen molar-refractivity contribution in [3.05, 3.63) is 65.7 Å². The molecule has 36 nitrogen and oxygen atoms in total. The van der Waals surface area contributed by atoms with Crippen LogP contribution in [0.15, 0.2) is 54.6 Å². The highest BCUT2D eigenvalue weighted by Gasteiger charge is 2.41.